The Bertz CT molecular complexity index is 3530. The number of furan rings is 1. The standard InChI is InChI=1S/C52H30N4O2S/c1-2-10-32(11-3-1)49-54-50(56-51(55-49)37-24-26-45-41(30-37)39-14-4-6-18-44(39)57-45)36-13-8-12-35(28-36)38-15-9-16-40-42-29-34(25-27-47(42)59-48(38)40)31-20-22-33(23-21-31)52-53-43-17-5-7-19-46(43)58-52/h1-30H. The van der Waals surface area contributed by atoms with Crippen LogP contribution in [-0.4, -0.2) is 19.9 Å². The van der Waals surface area contributed by atoms with Crippen LogP contribution in [0.1, 0.15) is 0 Å². The average Bonchev–Trinajstić information content (AvgIpc) is 4.02. The molecule has 8 aromatic carbocycles. The van der Waals surface area contributed by atoms with Crippen molar-refractivity contribution in [3.63, 3.8) is 0 Å². The minimum atomic E-state index is 0.606. The van der Waals surface area contributed by atoms with Gasteiger partial charge in [-0.25, -0.2) is 19.9 Å². The van der Waals surface area contributed by atoms with E-state index in [0.717, 1.165) is 72.0 Å². The SMILES string of the molecule is c1ccc(-c2nc(-c3cccc(-c4cccc5c4sc4ccc(-c6ccc(-c7nc8ccccc8o7)cc6)cc45)c3)nc(-c3ccc4oc5ccccc5c4c3)n2)cc1. The summed E-state index contributed by atoms with van der Waals surface area (Å²) in [6, 6.07) is 62.5. The highest BCUT2D eigenvalue weighted by Gasteiger charge is 2.17. The summed E-state index contributed by atoms with van der Waals surface area (Å²) in [4.78, 5) is 19.9. The lowest BCUT2D eigenvalue weighted by Crippen LogP contribution is -2.00. The number of nitrogens with zero attached hydrogens (tertiary/aromatic N) is 4. The molecule has 0 N–H and O–H groups in total. The van der Waals surface area contributed by atoms with Crippen molar-refractivity contribution in [2.75, 3.05) is 0 Å². The van der Waals surface area contributed by atoms with Gasteiger partial charge in [-0.1, -0.05) is 115 Å². The maximum atomic E-state index is 6.13. The summed E-state index contributed by atoms with van der Waals surface area (Å²) in [6.07, 6.45) is 0. The topological polar surface area (TPSA) is 77.8 Å². The van der Waals surface area contributed by atoms with Crippen molar-refractivity contribution >= 4 is 64.5 Å². The first kappa shape index (κ1) is 33.4. The van der Waals surface area contributed by atoms with Gasteiger partial charge in [0.1, 0.15) is 16.7 Å². The summed E-state index contributed by atoms with van der Waals surface area (Å²) in [6.45, 7) is 0. The zero-order valence-electron chi connectivity index (χ0n) is 31.3. The number of fused-ring (bicyclic) bond motifs is 7. The van der Waals surface area contributed by atoms with Crippen LogP contribution in [0, 0.1) is 0 Å². The first-order chi connectivity index (χ1) is 29.2. The number of oxazole rings is 1. The van der Waals surface area contributed by atoms with Crippen LogP contribution in [0.4, 0.5) is 0 Å². The van der Waals surface area contributed by atoms with E-state index in [1.165, 1.54) is 25.7 Å². The Labute approximate surface area is 341 Å². The molecule has 59 heavy (non-hydrogen) atoms. The highest BCUT2D eigenvalue weighted by molar-refractivity contribution is 7.26. The number of thiophene rings is 1. The Morgan fingerprint density at radius 1 is 0.339 bits per heavy atom. The average molecular weight is 775 g/mol. The first-order valence-electron chi connectivity index (χ1n) is 19.4. The molecular formula is C52H30N4O2S. The molecule has 0 amide bonds. The van der Waals surface area contributed by atoms with Crippen LogP contribution in [0.3, 0.4) is 0 Å². The Morgan fingerprint density at radius 2 is 0.949 bits per heavy atom. The fourth-order valence-corrected chi connectivity index (χ4v) is 9.27. The Morgan fingerprint density at radius 3 is 1.80 bits per heavy atom. The molecule has 0 aliphatic rings. The van der Waals surface area contributed by atoms with Gasteiger partial charge >= 0.3 is 0 Å². The lowest BCUT2D eigenvalue weighted by atomic mass is 9.98. The molecule has 4 aromatic heterocycles. The van der Waals surface area contributed by atoms with Gasteiger partial charge in [-0.3, -0.25) is 0 Å². The molecule has 0 fully saturated rings. The van der Waals surface area contributed by atoms with Gasteiger partial charge in [0.05, 0.1) is 0 Å². The lowest BCUT2D eigenvalue weighted by molar-refractivity contribution is 0.620. The van der Waals surface area contributed by atoms with Gasteiger partial charge in [-0.05, 0) is 89.0 Å². The molecule has 0 radical (unpaired) electrons. The van der Waals surface area contributed by atoms with Gasteiger partial charge in [0.2, 0.25) is 5.89 Å². The molecule has 0 saturated carbocycles. The number of para-hydroxylation sites is 3. The smallest absolute Gasteiger partial charge is 0.227 e. The van der Waals surface area contributed by atoms with E-state index in [9.17, 15) is 0 Å². The van der Waals surface area contributed by atoms with Crippen LogP contribution in [0.15, 0.2) is 191 Å². The van der Waals surface area contributed by atoms with Gasteiger partial charge in [0.25, 0.3) is 0 Å². The zero-order valence-corrected chi connectivity index (χ0v) is 32.2. The van der Waals surface area contributed by atoms with Gasteiger partial charge in [-0.15, -0.1) is 11.3 Å². The summed E-state index contributed by atoms with van der Waals surface area (Å²) >= 11 is 1.82. The van der Waals surface area contributed by atoms with Crippen molar-refractivity contribution in [2.24, 2.45) is 0 Å². The third kappa shape index (κ3) is 5.78. The molecule has 0 atom stereocenters. The molecule has 0 unspecified atom stereocenters. The van der Waals surface area contributed by atoms with Crippen molar-refractivity contribution in [1.29, 1.82) is 0 Å². The van der Waals surface area contributed by atoms with E-state index in [1.54, 1.807) is 0 Å². The quantitative estimate of drug-likeness (QED) is 0.167. The molecule has 12 aromatic rings. The molecule has 6 nitrogen and oxygen atoms in total. The lowest BCUT2D eigenvalue weighted by Gasteiger charge is -2.10. The second kappa shape index (κ2) is 13.4. The largest absolute Gasteiger partial charge is 0.456 e. The van der Waals surface area contributed by atoms with Crippen LogP contribution in [-0.2, 0) is 0 Å². The van der Waals surface area contributed by atoms with E-state index >= 15 is 0 Å². The Balaban J connectivity index is 0.923. The van der Waals surface area contributed by atoms with E-state index < -0.39 is 0 Å². The molecule has 0 saturated heterocycles. The molecule has 7 heteroatoms. The predicted molar refractivity (Wildman–Crippen MR) is 240 cm³/mol. The van der Waals surface area contributed by atoms with E-state index in [1.807, 2.05) is 96.3 Å². The third-order valence-electron chi connectivity index (χ3n) is 11.0. The van der Waals surface area contributed by atoms with Crippen LogP contribution in [0.2, 0.25) is 0 Å². The molecular weight excluding hydrogens is 745 g/mol. The van der Waals surface area contributed by atoms with Crippen molar-refractivity contribution in [2.45, 2.75) is 0 Å². The van der Waals surface area contributed by atoms with E-state index in [4.69, 9.17) is 23.8 Å². The first-order valence-corrected chi connectivity index (χ1v) is 20.3. The van der Waals surface area contributed by atoms with Crippen molar-refractivity contribution in [1.82, 2.24) is 19.9 Å². The molecule has 4 heterocycles. The van der Waals surface area contributed by atoms with Crippen molar-refractivity contribution < 1.29 is 8.83 Å². The van der Waals surface area contributed by atoms with Crippen LogP contribution >= 0.6 is 11.3 Å². The van der Waals surface area contributed by atoms with Gasteiger partial charge in [-0.2, -0.15) is 0 Å². The minimum absolute atomic E-state index is 0.606. The maximum absolute atomic E-state index is 6.13. The summed E-state index contributed by atoms with van der Waals surface area (Å²) in [5.74, 6) is 2.47. The number of rotatable bonds is 6. The molecule has 0 spiro atoms. The van der Waals surface area contributed by atoms with Crippen LogP contribution < -0.4 is 0 Å². The number of benzene rings is 8. The fraction of sp³-hybridized carbons (Fsp3) is 0. The van der Waals surface area contributed by atoms with Gasteiger partial charge < -0.3 is 8.83 Å². The summed E-state index contributed by atoms with van der Waals surface area (Å²) in [7, 11) is 0. The normalized spacial score (nSPS) is 11.7. The fourth-order valence-electron chi connectivity index (χ4n) is 8.05. The van der Waals surface area contributed by atoms with Gasteiger partial charge in [0.15, 0.2) is 23.1 Å². The van der Waals surface area contributed by atoms with E-state index in [-0.39, 0.29) is 0 Å². The molecule has 0 aliphatic heterocycles. The van der Waals surface area contributed by atoms with Crippen LogP contribution in [0.5, 0.6) is 0 Å². The molecule has 0 aliphatic carbocycles. The van der Waals surface area contributed by atoms with E-state index in [0.29, 0.717) is 23.4 Å². The minimum Gasteiger partial charge on any atom is -0.456 e. The predicted octanol–water partition coefficient (Wildman–Crippen LogP) is 14.3. The highest BCUT2D eigenvalue weighted by atomic mass is 32.1. The molecule has 12 rings (SSSR count). The monoisotopic (exact) mass is 774 g/mol. The summed E-state index contributed by atoms with van der Waals surface area (Å²) in [5.41, 5.74) is 11.6. The molecule has 0 bridgehead atoms. The Hall–Kier alpha value is -7.74. The van der Waals surface area contributed by atoms with E-state index in [2.05, 4.69) is 102 Å². The van der Waals surface area contributed by atoms with Crippen molar-refractivity contribution in [3.8, 4) is 67.9 Å². The third-order valence-corrected chi connectivity index (χ3v) is 12.2. The molecule has 276 valence electrons. The summed E-state index contributed by atoms with van der Waals surface area (Å²) < 4.78 is 14.6. The number of hydrogen-bond donors (Lipinski definition) is 0. The number of aromatic nitrogens is 4. The highest BCUT2D eigenvalue weighted by Crippen LogP contribution is 2.42. The zero-order chi connectivity index (χ0) is 38.9. The van der Waals surface area contributed by atoms with Crippen LogP contribution in [0.25, 0.3) is 121 Å². The summed E-state index contributed by atoms with van der Waals surface area (Å²) in [5, 5.41) is 4.56. The second-order valence-corrected chi connectivity index (χ2v) is 15.7. The maximum Gasteiger partial charge on any atom is 0.227 e. The Kier molecular flexibility index (Phi) is 7.61. The van der Waals surface area contributed by atoms with Gasteiger partial charge in [0, 0.05) is 53.2 Å². The number of hydrogen-bond acceptors (Lipinski definition) is 7. The second-order valence-electron chi connectivity index (χ2n) is 14.6. The van der Waals surface area contributed by atoms with Crippen molar-refractivity contribution in [3.05, 3.63) is 182 Å².